The van der Waals surface area contributed by atoms with Gasteiger partial charge in [0.05, 0.1) is 9.52 Å². The Labute approximate surface area is 106 Å². The molecule has 0 heterocycles. The number of benzene rings is 2. The standard InChI is InChI=1S/C16H16Si/c1-2-13-17-16(14-9-5-3-6-10-14)15-11-7-4-8-12-15/h2-13,16H,1H3/b13-2+. The summed E-state index contributed by atoms with van der Waals surface area (Å²) < 4.78 is 0. The first kappa shape index (κ1) is 11.9. The Morgan fingerprint density at radius 2 is 1.29 bits per heavy atom. The highest BCUT2D eigenvalue weighted by molar-refractivity contribution is 6.45. The topological polar surface area (TPSA) is 0 Å². The molecule has 0 atom stereocenters. The van der Waals surface area contributed by atoms with Gasteiger partial charge in [-0.05, 0) is 18.1 Å². The SMILES string of the molecule is C/C=C/[Si]C(c1ccccc1)c1ccccc1. The Morgan fingerprint density at radius 1 is 0.824 bits per heavy atom. The van der Waals surface area contributed by atoms with Gasteiger partial charge < -0.3 is 0 Å². The van der Waals surface area contributed by atoms with Crippen LogP contribution in [0, 0.1) is 0 Å². The van der Waals surface area contributed by atoms with Crippen molar-refractivity contribution in [2.45, 2.75) is 12.5 Å². The summed E-state index contributed by atoms with van der Waals surface area (Å²) >= 11 is 0. The summed E-state index contributed by atoms with van der Waals surface area (Å²) in [6, 6.07) is 21.5. The van der Waals surface area contributed by atoms with Gasteiger partial charge in [-0.1, -0.05) is 66.7 Å². The van der Waals surface area contributed by atoms with Crippen LogP contribution in [0.5, 0.6) is 0 Å². The molecule has 2 aromatic carbocycles. The zero-order chi connectivity index (χ0) is 11.9. The van der Waals surface area contributed by atoms with Crippen molar-refractivity contribution >= 4 is 9.52 Å². The van der Waals surface area contributed by atoms with Gasteiger partial charge in [0, 0.05) is 5.54 Å². The predicted molar refractivity (Wildman–Crippen MR) is 75.3 cm³/mol. The summed E-state index contributed by atoms with van der Waals surface area (Å²) in [5.74, 6) is 0. The van der Waals surface area contributed by atoms with E-state index in [0.717, 1.165) is 9.52 Å². The fourth-order valence-electron chi connectivity index (χ4n) is 1.87. The lowest BCUT2D eigenvalue weighted by Gasteiger charge is -2.15. The van der Waals surface area contributed by atoms with Crippen molar-refractivity contribution in [3.05, 3.63) is 83.6 Å². The van der Waals surface area contributed by atoms with Crippen LogP contribution in [-0.2, 0) is 0 Å². The lowest BCUT2D eigenvalue weighted by molar-refractivity contribution is 1.13. The maximum absolute atomic E-state index is 2.27. The minimum Gasteiger partial charge on any atom is -0.102 e. The smallest absolute Gasteiger partial charge is 0.0841 e. The molecule has 0 spiro atoms. The third-order valence-corrected chi connectivity index (χ3v) is 4.22. The number of allylic oxidation sites excluding steroid dienone is 1. The van der Waals surface area contributed by atoms with E-state index < -0.39 is 0 Å². The van der Waals surface area contributed by atoms with Gasteiger partial charge in [0.2, 0.25) is 0 Å². The van der Waals surface area contributed by atoms with Crippen molar-refractivity contribution in [1.82, 2.24) is 0 Å². The quantitative estimate of drug-likeness (QED) is 0.704. The second-order valence-corrected chi connectivity index (χ2v) is 5.17. The fraction of sp³-hybridized carbons (Fsp3) is 0.125. The molecule has 2 aromatic rings. The molecule has 1 heteroatoms. The van der Waals surface area contributed by atoms with E-state index in [4.69, 9.17) is 0 Å². The Balaban J connectivity index is 2.32. The predicted octanol–water partition coefficient (Wildman–Crippen LogP) is 4.01. The summed E-state index contributed by atoms with van der Waals surface area (Å²) in [5.41, 5.74) is 5.56. The van der Waals surface area contributed by atoms with E-state index >= 15 is 0 Å². The maximum atomic E-state index is 2.27. The van der Waals surface area contributed by atoms with Gasteiger partial charge >= 0.3 is 0 Å². The normalized spacial score (nSPS) is 11.2. The lowest BCUT2D eigenvalue weighted by atomic mass is 10.0. The molecule has 0 unspecified atom stereocenters. The van der Waals surface area contributed by atoms with Gasteiger partial charge in [0.25, 0.3) is 0 Å². The van der Waals surface area contributed by atoms with E-state index in [1.165, 1.54) is 11.1 Å². The molecule has 17 heavy (non-hydrogen) atoms. The van der Waals surface area contributed by atoms with Crippen LogP contribution < -0.4 is 0 Å². The first-order valence-electron chi connectivity index (χ1n) is 5.89. The molecular weight excluding hydrogens is 220 g/mol. The third kappa shape index (κ3) is 3.18. The van der Waals surface area contributed by atoms with Crippen LogP contribution in [0.2, 0.25) is 0 Å². The lowest BCUT2D eigenvalue weighted by Crippen LogP contribution is -2.07. The zero-order valence-corrected chi connectivity index (χ0v) is 11.0. The highest BCUT2D eigenvalue weighted by atomic mass is 28.2. The summed E-state index contributed by atoms with van der Waals surface area (Å²) in [5, 5.41) is 0. The minimum atomic E-state index is 0.494. The largest absolute Gasteiger partial charge is 0.102 e. The van der Waals surface area contributed by atoms with Gasteiger partial charge in [-0.2, -0.15) is 0 Å². The Bertz CT molecular complexity index is 420. The van der Waals surface area contributed by atoms with E-state index in [1.807, 2.05) is 0 Å². The second kappa shape index (κ2) is 6.21. The van der Waals surface area contributed by atoms with Crippen LogP contribution >= 0.6 is 0 Å². The van der Waals surface area contributed by atoms with E-state index in [9.17, 15) is 0 Å². The first-order chi connectivity index (χ1) is 8.42. The van der Waals surface area contributed by atoms with Gasteiger partial charge in [0.1, 0.15) is 0 Å². The number of rotatable bonds is 4. The van der Waals surface area contributed by atoms with Crippen LogP contribution in [0.1, 0.15) is 23.6 Å². The number of hydrogen-bond donors (Lipinski definition) is 0. The molecule has 84 valence electrons. The van der Waals surface area contributed by atoms with Crippen LogP contribution in [0.25, 0.3) is 0 Å². The van der Waals surface area contributed by atoms with E-state index in [2.05, 4.69) is 79.4 Å². The van der Waals surface area contributed by atoms with Crippen LogP contribution in [0.15, 0.2) is 72.4 Å². The van der Waals surface area contributed by atoms with E-state index in [0.29, 0.717) is 5.54 Å². The molecule has 0 aliphatic rings. The fourth-order valence-corrected chi connectivity index (χ4v) is 3.02. The van der Waals surface area contributed by atoms with Crippen molar-refractivity contribution < 1.29 is 0 Å². The molecule has 0 saturated carbocycles. The van der Waals surface area contributed by atoms with Gasteiger partial charge in [-0.3, -0.25) is 0 Å². The number of hydrogen-bond acceptors (Lipinski definition) is 0. The van der Waals surface area contributed by atoms with E-state index in [1.54, 1.807) is 0 Å². The molecule has 0 saturated heterocycles. The average Bonchev–Trinajstić information content (AvgIpc) is 2.42. The minimum absolute atomic E-state index is 0.494. The highest BCUT2D eigenvalue weighted by Gasteiger charge is 2.12. The molecule has 2 radical (unpaired) electrons. The van der Waals surface area contributed by atoms with Gasteiger partial charge in [0.15, 0.2) is 0 Å². The summed E-state index contributed by atoms with van der Waals surface area (Å²) in [4.78, 5) is 0. The average molecular weight is 236 g/mol. The molecular formula is C16H16Si. The van der Waals surface area contributed by atoms with Crippen LogP contribution in [0.4, 0.5) is 0 Å². The maximum Gasteiger partial charge on any atom is 0.0841 e. The molecule has 0 amide bonds. The third-order valence-electron chi connectivity index (χ3n) is 2.70. The molecule has 0 aromatic heterocycles. The molecule has 0 N–H and O–H groups in total. The highest BCUT2D eigenvalue weighted by Crippen LogP contribution is 2.23. The summed E-state index contributed by atoms with van der Waals surface area (Å²) in [6.07, 6.45) is 2.14. The second-order valence-electron chi connectivity index (χ2n) is 3.92. The van der Waals surface area contributed by atoms with Crippen molar-refractivity contribution in [3.63, 3.8) is 0 Å². The van der Waals surface area contributed by atoms with E-state index in [-0.39, 0.29) is 0 Å². The monoisotopic (exact) mass is 236 g/mol. The van der Waals surface area contributed by atoms with Crippen molar-refractivity contribution in [2.75, 3.05) is 0 Å². The van der Waals surface area contributed by atoms with Gasteiger partial charge in [-0.25, -0.2) is 0 Å². The molecule has 0 bridgehead atoms. The first-order valence-corrected chi connectivity index (χ1v) is 7.04. The van der Waals surface area contributed by atoms with Crippen molar-refractivity contribution in [2.24, 2.45) is 0 Å². The molecule has 0 fully saturated rings. The van der Waals surface area contributed by atoms with Crippen LogP contribution in [-0.4, -0.2) is 9.52 Å². The Hall–Kier alpha value is -1.60. The van der Waals surface area contributed by atoms with Crippen LogP contribution in [0.3, 0.4) is 0 Å². The Kier molecular flexibility index (Phi) is 4.34. The van der Waals surface area contributed by atoms with Crippen molar-refractivity contribution in [3.8, 4) is 0 Å². The molecule has 2 rings (SSSR count). The van der Waals surface area contributed by atoms with Gasteiger partial charge in [-0.15, -0.1) is 5.70 Å². The summed E-state index contributed by atoms with van der Waals surface area (Å²) in [7, 11) is 0.798. The zero-order valence-electron chi connectivity index (χ0n) is 10.0. The Morgan fingerprint density at radius 3 is 1.71 bits per heavy atom. The summed E-state index contributed by atoms with van der Waals surface area (Å²) in [6.45, 7) is 2.08. The molecule has 0 aliphatic carbocycles. The van der Waals surface area contributed by atoms with Crippen molar-refractivity contribution in [1.29, 1.82) is 0 Å². The molecule has 0 nitrogen and oxygen atoms in total. The molecule has 0 aliphatic heterocycles.